The molecule has 0 aliphatic heterocycles. The minimum atomic E-state index is -0.626. The Hall–Kier alpha value is -2.29. The normalized spacial score (nSPS) is 13.2. The lowest BCUT2D eigenvalue weighted by Crippen LogP contribution is -2.21. The second kappa shape index (κ2) is 8.81. The number of rotatable bonds is 6. The van der Waals surface area contributed by atoms with Crippen LogP contribution in [0, 0.1) is 27.7 Å². The van der Waals surface area contributed by atoms with Crippen LogP contribution in [0.15, 0.2) is 60.7 Å². The van der Waals surface area contributed by atoms with Gasteiger partial charge in [0.15, 0.2) is 0 Å². The van der Waals surface area contributed by atoms with Crippen LogP contribution in [0.3, 0.4) is 0 Å². The summed E-state index contributed by atoms with van der Waals surface area (Å²) in [6.07, 6.45) is -0.626. The topological polar surface area (TPSA) is 32.3 Å². The van der Waals surface area contributed by atoms with Crippen LogP contribution in [0.4, 0.5) is 5.69 Å². The van der Waals surface area contributed by atoms with Gasteiger partial charge in [0, 0.05) is 23.2 Å². The molecule has 2 unspecified atom stereocenters. The first kappa shape index (κ1) is 20.4. The molecule has 0 bridgehead atoms. The Balaban J connectivity index is 1.90. The van der Waals surface area contributed by atoms with Crippen molar-refractivity contribution in [1.82, 2.24) is 0 Å². The molecule has 0 radical (unpaired) electrons. The molecule has 0 saturated carbocycles. The third kappa shape index (κ3) is 4.76. The van der Waals surface area contributed by atoms with Crippen molar-refractivity contribution < 1.29 is 5.11 Å². The first-order chi connectivity index (χ1) is 13.3. The van der Waals surface area contributed by atoms with E-state index in [4.69, 9.17) is 11.6 Å². The van der Waals surface area contributed by atoms with E-state index >= 15 is 0 Å². The van der Waals surface area contributed by atoms with E-state index in [0.717, 1.165) is 16.8 Å². The molecule has 2 N–H and O–H groups in total. The SMILES string of the molecule is Cc1ccc(C(CNc2c(C)cc(C)cc2C)C(O)c2ccc(Cl)cc2)cc1. The Morgan fingerprint density at radius 1 is 0.786 bits per heavy atom. The first-order valence-corrected chi connectivity index (χ1v) is 10.0. The highest BCUT2D eigenvalue weighted by Crippen LogP contribution is 2.33. The molecule has 3 aromatic rings. The van der Waals surface area contributed by atoms with Crippen molar-refractivity contribution in [3.8, 4) is 0 Å². The zero-order chi connectivity index (χ0) is 20.3. The number of halogens is 1. The summed E-state index contributed by atoms with van der Waals surface area (Å²) in [5.74, 6) is -0.0816. The van der Waals surface area contributed by atoms with Crippen molar-refractivity contribution in [2.45, 2.75) is 39.7 Å². The lowest BCUT2D eigenvalue weighted by molar-refractivity contribution is 0.149. The van der Waals surface area contributed by atoms with Gasteiger partial charge in [-0.2, -0.15) is 0 Å². The van der Waals surface area contributed by atoms with Crippen molar-refractivity contribution in [3.63, 3.8) is 0 Å². The number of aliphatic hydroxyl groups is 1. The van der Waals surface area contributed by atoms with Gasteiger partial charge in [-0.05, 0) is 62.1 Å². The Kier molecular flexibility index (Phi) is 6.43. The average molecular weight is 394 g/mol. The maximum Gasteiger partial charge on any atom is 0.0875 e. The van der Waals surface area contributed by atoms with Gasteiger partial charge in [-0.15, -0.1) is 0 Å². The van der Waals surface area contributed by atoms with E-state index in [1.54, 1.807) is 0 Å². The molecular formula is C25H28ClNO. The molecule has 0 heterocycles. The molecular weight excluding hydrogens is 366 g/mol. The van der Waals surface area contributed by atoms with Crippen molar-refractivity contribution in [3.05, 3.63) is 99.1 Å². The number of nitrogens with one attached hydrogen (secondary N) is 1. The van der Waals surface area contributed by atoms with Crippen LogP contribution in [-0.4, -0.2) is 11.7 Å². The molecule has 3 rings (SSSR count). The van der Waals surface area contributed by atoms with Crippen LogP contribution >= 0.6 is 11.6 Å². The molecule has 0 aromatic heterocycles. The van der Waals surface area contributed by atoms with Crippen molar-refractivity contribution in [1.29, 1.82) is 0 Å². The number of aliphatic hydroxyl groups excluding tert-OH is 1. The molecule has 0 fully saturated rings. The number of hydrogen-bond acceptors (Lipinski definition) is 2. The van der Waals surface area contributed by atoms with Gasteiger partial charge in [0.1, 0.15) is 0 Å². The van der Waals surface area contributed by atoms with Crippen LogP contribution in [-0.2, 0) is 0 Å². The quantitative estimate of drug-likeness (QED) is 0.500. The van der Waals surface area contributed by atoms with Gasteiger partial charge in [0.25, 0.3) is 0 Å². The summed E-state index contributed by atoms with van der Waals surface area (Å²) in [4.78, 5) is 0. The van der Waals surface area contributed by atoms with E-state index in [1.165, 1.54) is 22.3 Å². The summed E-state index contributed by atoms with van der Waals surface area (Å²) >= 11 is 6.03. The highest BCUT2D eigenvalue weighted by atomic mass is 35.5. The van der Waals surface area contributed by atoms with Gasteiger partial charge in [-0.1, -0.05) is 71.3 Å². The van der Waals surface area contributed by atoms with Crippen LogP contribution < -0.4 is 5.32 Å². The van der Waals surface area contributed by atoms with E-state index in [-0.39, 0.29) is 5.92 Å². The van der Waals surface area contributed by atoms with Gasteiger partial charge >= 0.3 is 0 Å². The van der Waals surface area contributed by atoms with Crippen molar-refractivity contribution >= 4 is 17.3 Å². The second-order valence-electron chi connectivity index (χ2n) is 7.67. The molecule has 28 heavy (non-hydrogen) atoms. The highest BCUT2D eigenvalue weighted by molar-refractivity contribution is 6.30. The predicted molar refractivity (Wildman–Crippen MR) is 119 cm³/mol. The minimum Gasteiger partial charge on any atom is -0.388 e. The van der Waals surface area contributed by atoms with E-state index in [2.05, 4.69) is 69.4 Å². The van der Waals surface area contributed by atoms with E-state index in [9.17, 15) is 5.11 Å². The third-order valence-electron chi connectivity index (χ3n) is 5.27. The van der Waals surface area contributed by atoms with Gasteiger partial charge < -0.3 is 10.4 Å². The predicted octanol–water partition coefficient (Wildman–Crippen LogP) is 6.50. The fourth-order valence-electron chi connectivity index (χ4n) is 3.79. The highest BCUT2D eigenvalue weighted by Gasteiger charge is 2.23. The molecule has 3 heteroatoms. The van der Waals surface area contributed by atoms with E-state index in [1.807, 2.05) is 24.3 Å². The number of aryl methyl sites for hydroxylation is 4. The number of benzene rings is 3. The Morgan fingerprint density at radius 2 is 1.32 bits per heavy atom. The van der Waals surface area contributed by atoms with E-state index in [0.29, 0.717) is 11.6 Å². The Morgan fingerprint density at radius 3 is 1.89 bits per heavy atom. The lowest BCUT2D eigenvalue weighted by atomic mass is 9.88. The van der Waals surface area contributed by atoms with Crippen LogP contribution in [0.25, 0.3) is 0 Å². The molecule has 0 aliphatic carbocycles. The monoisotopic (exact) mass is 393 g/mol. The van der Waals surface area contributed by atoms with Crippen LogP contribution in [0.5, 0.6) is 0 Å². The van der Waals surface area contributed by atoms with E-state index < -0.39 is 6.10 Å². The zero-order valence-corrected chi connectivity index (χ0v) is 17.7. The van der Waals surface area contributed by atoms with Gasteiger partial charge in [0.05, 0.1) is 6.10 Å². The molecule has 3 aromatic carbocycles. The van der Waals surface area contributed by atoms with Crippen molar-refractivity contribution in [2.24, 2.45) is 0 Å². The van der Waals surface area contributed by atoms with Gasteiger partial charge in [-0.3, -0.25) is 0 Å². The molecule has 0 spiro atoms. The summed E-state index contributed by atoms with van der Waals surface area (Å²) in [6, 6.07) is 20.2. The third-order valence-corrected chi connectivity index (χ3v) is 5.53. The fraction of sp³-hybridized carbons (Fsp3) is 0.280. The molecule has 0 aliphatic rings. The number of anilines is 1. The molecule has 0 amide bonds. The fourth-order valence-corrected chi connectivity index (χ4v) is 3.91. The summed E-state index contributed by atoms with van der Waals surface area (Å²) in [6.45, 7) is 9.07. The first-order valence-electron chi connectivity index (χ1n) is 9.67. The Labute approximate surface area is 173 Å². The van der Waals surface area contributed by atoms with Gasteiger partial charge in [0.2, 0.25) is 0 Å². The molecule has 146 valence electrons. The lowest BCUT2D eigenvalue weighted by Gasteiger charge is -2.26. The standard InChI is InChI=1S/C25H28ClNO/c1-16-5-7-20(8-6-16)23(25(28)21-9-11-22(26)12-10-21)15-27-24-18(3)13-17(2)14-19(24)4/h5-14,23,25,27-28H,15H2,1-4H3. The molecule has 2 nitrogen and oxygen atoms in total. The summed E-state index contributed by atoms with van der Waals surface area (Å²) < 4.78 is 0. The maximum atomic E-state index is 11.2. The van der Waals surface area contributed by atoms with Crippen molar-refractivity contribution in [2.75, 3.05) is 11.9 Å². The largest absolute Gasteiger partial charge is 0.388 e. The second-order valence-corrected chi connectivity index (χ2v) is 8.10. The minimum absolute atomic E-state index is 0.0816. The average Bonchev–Trinajstić information content (AvgIpc) is 2.65. The zero-order valence-electron chi connectivity index (χ0n) is 17.0. The summed E-state index contributed by atoms with van der Waals surface area (Å²) in [7, 11) is 0. The summed E-state index contributed by atoms with van der Waals surface area (Å²) in [5.41, 5.74) is 8.05. The summed E-state index contributed by atoms with van der Waals surface area (Å²) in [5, 5.41) is 15.4. The van der Waals surface area contributed by atoms with Crippen LogP contribution in [0.1, 0.15) is 45.4 Å². The smallest absolute Gasteiger partial charge is 0.0875 e. The van der Waals surface area contributed by atoms with Crippen LogP contribution in [0.2, 0.25) is 5.02 Å². The maximum absolute atomic E-state index is 11.2. The number of hydrogen-bond donors (Lipinski definition) is 2. The van der Waals surface area contributed by atoms with Gasteiger partial charge in [-0.25, -0.2) is 0 Å². The molecule has 2 atom stereocenters. The Bertz CT molecular complexity index is 909. The molecule has 0 saturated heterocycles.